The number of likely N-dealkylation sites (N-methyl/N-ethyl adjacent to an activating group) is 1. The fourth-order valence-corrected chi connectivity index (χ4v) is 1.97. The van der Waals surface area contributed by atoms with Gasteiger partial charge in [0.15, 0.2) is 2.82 Å². The summed E-state index contributed by atoms with van der Waals surface area (Å²) in [6, 6.07) is 1.01. The number of amides is 1. The van der Waals surface area contributed by atoms with Crippen LogP contribution < -0.4 is 5.31 Å². The molecule has 1 aliphatic heterocycles. The van der Waals surface area contributed by atoms with Crippen molar-refractivity contribution in [1.82, 2.24) is 15.2 Å². The maximum absolute atomic E-state index is 11.6. The van der Waals surface area contributed by atoms with Gasteiger partial charge in [-0.15, -0.1) is 0 Å². The third-order valence-corrected chi connectivity index (χ3v) is 2.89. The fraction of sp³-hybridized carbons (Fsp3) is 0.438. The normalized spacial score (nSPS) is 34.5. The summed E-state index contributed by atoms with van der Waals surface area (Å²) in [6.45, 7) is -10.5. The molecule has 5 nitrogen and oxygen atoms in total. The summed E-state index contributed by atoms with van der Waals surface area (Å²) in [5.74, 6) is 0. The van der Waals surface area contributed by atoms with E-state index in [1.807, 2.05) is 0 Å². The Morgan fingerprint density at radius 2 is 2.57 bits per heavy atom. The number of carbonyl (C=O) groups excluding carboxylic acids is 1. The molecule has 1 fully saturated rings. The zero-order chi connectivity index (χ0) is 26.9. The number of nitrogens with one attached hydrogen (secondary N) is 2. The Balaban J connectivity index is 2.16. The molecule has 3 rings (SSSR count). The van der Waals surface area contributed by atoms with E-state index in [-0.39, 0.29) is 32.2 Å². The molecule has 5 heteroatoms. The lowest BCUT2D eigenvalue weighted by molar-refractivity contribution is 0.177. The molecule has 2 N–H and O–H groups in total. The molecule has 2 aromatic rings. The zero-order valence-corrected chi connectivity index (χ0v) is 10.8. The van der Waals surface area contributed by atoms with Crippen LogP contribution in [0.4, 0.5) is 4.79 Å². The van der Waals surface area contributed by atoms with Crippen LogP contribution in [0.5, 0.6) is 0 Å². The molecular formula is C16H21N3O2. The molecule has 1 aliphatic rings. The van der Waals surface area contributed by atoms with Gasteiger partial charge in [0.1, 0.15) is 6.61 Å². The minimum Gasteiger partial charge on any atom is -0.447 e. The lowest BCUT2D eigenvalue weighted by Gasteiger charge is -2.09. The Morgan fingerprint density at radius 3 is 3.33 bits per heavy atom. The van der Waals surface area contributed by atoms with Crippen LogP contribution in [0.3, 0.4) is 0 Å². The molecule has 0 unspecified atom stereocenters. The SMILES string of the molecule is [2H]c1c(CC([2H])([2H])N(C([2H])([2H])[2H])C([2H])([2H])[2H])c2cc(C([2H])([2H])[C@@]3([2H])COC(=O)N3[2H])ccc2n1[2H]. The second kappa shape index (κ2) is 5.77. The van der Waals surface area contributed by atoms with Crippen molar-refractivity contribution in [2.24, 2.45) is 0 Å². The Morgan fingerprint density at radius 1 is 1.67 bits per heavy atom. The van der Waals surface area contributed by atoms with Crippen molar-refractivity contribution in [2.45, 2.75) is 18.8 Å². The molecule has 0 saturated carbocycles. The van der Waals surface area contributed by atoms with Crippen LogP contribution in [0.2, 0.25) is 2.82 Å². The predicted octanol–water partition coefficient (Wildman–Crippen LogP) is 1.92. The summed E-state index contributed by atoms with van der Waals surface area (Å²) < 4.78 is 115. The standard InChI is InChI=1S/C16H21N3O2/c1-19(2)6-5-12-9-17-15-4-3-11(8-14(12)15)7-13-10-21-16(20)18-13/h3-4,8-9,13,17H,5-7,10H2,1-2H3,(H,18,20)/t13-/m0/s1/i1D3,2D3,6D2,7D2,9D,13D/hD2. The highest BCUT2D eigenvalue weighted by molar-refractivity contribution is 5.84. The fourth-order valence-electron chi connectivity index (χ4n) is 1.97. The molecule has 0 bridgehead atoms. The second-order valence-electron chi connectivity index (χ2n) is 4.34. The number of fused-ring (bicyclic) bond motifs is 1. The zero-order valence-electron chi connectivity index (χ0n) is 24.8. The van der Waals surface area contributed by atoms with Gasteiger partial charge >= 0.3 is 6.09 Å². The first kappa shape index (κ1) is 5.02. The minimum absolute atomic E-state index is 0.00942. The van der Waals surface area contributed by atoms with Gasteiger partial charge in [0.25, 0.3) is 0 Å². The van der Waals surface area contributed by atoms with Crippen molar-refractivity contribution in [3.8, 4) is 0 Å². The van der Waals surface area contributed by atoms with Gasteiger partial charge in [0, 0.05) is 37.3 Å². The molecule has 21 heavy (non-hydrogen) atoms. The number of benzene rings is 1. The third-order valence-electron chi connectivity index (χ3n) is 2.89. The average molecular weight is 301 g/mol. The smallest absolute Gasteiger partial charge is 0.407 e. The van der Waals surface area contributed by atoms with Crippen molar-refractivity contribution in [2.75, 3.05) is 27.1 Å². The molecule has 1 aromatic heterocycles. The Kier molecular flexibility index (Phi) is 1.38. The molecule has 1 amide bonds. The van der Waals surface area contributed by atoms with Gasteiger partial charge < -0.3 is 19.9 Å². The molecule has 1 saturated heterocycles. The number of rotatable bonds is 5. The highest BCUT2D eigenvalue weighted by atomic mass is 16.6. The van der Waals surface area contributed by atoms with E-state index in [4.69, 9.17) is 19.3 Å². The quantitative estimate of drug-likeness (QED) is 0.887. The monoisotopic (exact) mass is 301 g/mol. The van der Waals surface area contributed by atoms with Crippen LogP contribution in [0.25, 0.3) is 10.9 Å². The van der Waals surface area contributed by atoms with Crippen molar-refractivity contribution < 1.29 is 28.8 Å². The number of nitrogens with zero attached hydrogens (tertiary/aromatic N) is 1. The van der Waals surface area contributed by atoms with Gasteiger partial charge in [-0.25, -0.2) is 4.79 Å². The summed E-state index contributed by atoms with van der Waals surface area (Å²) in [7, 11) is 0. The van der Waals surface area contributed by atoms with Crippen LogP contribution >= 0.6 is 0 Å². The molecule has 0 aliphatic carbocycles. The van der Waals surface area contributed by atoms with E-state index in [9.17, 15) is 4.79 Å². The highest BCUT2D eigenvalue weighted by Crippen LogP contribution is 2.21. The summed E-state index contributed by atoms with van der Waals surface area (Å²) in [5.41, 5.74) is -0.515. The topological polar surface area (TPSA) is 57.4 Å². The van der Waals surface area contributed by atoms with E-state index >= 15 is 0 Å². The van der Waals surface area contributed by atoms with Crippen molar-refractivity contribution in [3.63, 3.8) is 0 Å². The Bertz CT molecular complexity index is 1140. The number of carbonyl (C=O) groups is 1. The molecule has 0 spiro atoms. The molecule has 112 valence electrons. The van der Waals surface area contributed by atoms with E-state index in [1.165, 1.54) is 12.1 Å². The first-order valence-corrected chi connectivity index (χ1v) is 6.06. The average Bonchev–Trinajstić information content (AvgIpc) is 3.08. The largest absolute Gasteiger partial charge is 0.447 e. The Labute approximate surface area is 144 Å². The highest BCUT2D eigenvalue weighted by Gasteiger charge is 2.22. The first-order chi connectivity index (χ1) is 15.7. The summed E-state index contributed by atoms with van der Waals surface area (Å²) in [5, 5.41) is -0.0102. The number of ether oxygens (including phenoxy) is 1. The van der Waals surface area contributed by atoms with Crippen molar-refractivity contribution >= 4 is 17.0 Å². The van der Waals surface area contributed by atoms with E-state index in [0.29, 0.717) is 4.98 Å². The van der Waals surface area contributed by atoms with E-state index in [0.717, 1.165) is 6.07 Å². The maximum Gasteiger partial charge on any atom is 0.407 e. The van der Waals surface area contributed by atoms with E-state index < -0.39 is 58.1 Å². The van der Waals surface area contributed by atoms with Gasteiger partial charge in [0.2, 0.25) is 0 Å². The van der Waals surface area contributed by atoms with Gasteiger partial charge in [-0.3, -0.25) is 0 Å². The number of aromatic amines is 1. The summed E-state index contributed by atoms with van der Waals surface area (Å²) in [4.78, 5) is 11.9. The van der Waals surface area contributed by atoms with Crippen LogP contribution in [0, 0.1) is 0 Å². The molecule has 1 atom stereocenters. The van der Waals surface area contributed by atoms with Crippen LogP contribution in [-0.4, -0.2) is 49.0 Å². The van der Waals surface area contributed by atoms with E-state index in [2.05, 4.69) is 4.74 Å². The number of H-pyrrole nitrogens is 1. The molecule has 2 heterocycles. The number of aryl methyl sites for hydroxylation is 1. The van der Waals surface area contributed by atoms with Crippen molar-refractivity contribution in [1.29, 1.82) is 0 Å². The molecule has 0 radical (unpaired) electrons. The number of hydrogen-bond acceptors (Lipinski definition) is 3. The van der Waals surface area contributed by atoms with Crippen LogP contribution in [-0.2, 0) is 17.5 Å². The second-order valence-corrected chi connectivity index (χ2v) is 4.34. The van der Waals surface area contributed by atoms with Crippen LogP contribution in [0.15, 0.2) is 24.4 Å². The van der Waals surface area contributed by atoms with Crippen LogP contribution in [0.1, 0.15) is 27.6 Å². The van der Waals surface area contributed by atoms with Crippen molar-refractivity contribution in [3.05, 3.63) is 35.5 Å². The Hall–Kier alpha value is -2.01. The number of hydrogen-bond donors (Lipinski definition) is 2. The lowest BCUT2D eigenvalue weighted by atomic mass is 10.0. The summed E-state index contributed by atoms with van der Waals surface area (Å²) >= 11 is 0. The number of alkyl carbamates (subject to hydrolysis) is 1. The maximum atomic E-state index is 11.6. The van der Waals surface area contributed by atoms with Gasteiger partial charge in [-0.05, 0) is 50.0 Å². The van der Waals surface area contributed by atoms with Gasteiger partial charge in [-0.1, -0.05) is 6.07 Å². The predicted molar refractivity (Wildman–Crippen MR) is 82.5 cm³/mol. The summed E-state index contributed by atoms with van der Waals surface area (Å²) in [6.07, 6.45) is -5.46. The lowest BCUT2D eigenvalue weighted by Crippen LogP contribution is -2.28. The van der Waals surface area contributed by atoms with Gasteiger partial charge in [0.05, 0.1) is 8.76 Å². The van der Waals surface area contributed by atoms with Gasteiger partial charge in [-0.2, -0.15) is 0 Å². The molecular weight excluding hydrogens is 266 g/mol. The number of cyclic esters (lactones) is 1. The van der Waals surface area contributed by atoms with E-state index in [1.54, 1.807) is 0 Å². The minimum atomic E-state index is -3.37. The first-order valence-electron chi connectivity index (χ1n) is 13.0. The number of aromatic nitrogens is 1. The molecule has 1 aromatic carbocycles. The third kappa shape index (κ3) is 3.19.